The highest BCUT2D eigenvalue weighted by Gasteiger charge is 2.26. The van der Waals surface area contributed by atoms with Crippen molar-refractivity contribution in [2.24, 2.45) is 0 Å². The van der Waals surface area contributed by atoms with Gasteiger partial charge in [0.25, 0.3) is 0 Å². The first-order valence-electron chi connectivity index (χ1n) is 8.18. The number of nitrogens with zero attached hydrogens (tertiary/aromatic N) is 2. The van der Waals surface area contributed by atoms with Gasteiger partial charge in [-0.05, 0) is 24.1 Å². The highest BCUT2D eigenvalue weighted by atomic mass is 35.5. The van der Waals surface area contributed by atoms with Gasteiger partial charge in [-0.3, -0.25) is 4.79 Å². The molecule has 0 N–H and O–H groups in total. The molecule has 6 heteroatoms. The molecule has 0 bridgehead atoms. The summed E-state index contributed by atoms with van der Waals surface area (Å²) in [6, 6.07) is 7.17. The number of halogens is 2. The highest BCUT2D eigenvalue weighted by Crippen LogP contribution is 2.34. The van der Waals surface area contributed by atoms with Crippen LogP contribution in [-0.2, 0) is 9.53 Å². The van der Waals surface area contributed by atoms with E-state index in [2.05, 4.69) is 11.9 Å². The van der Waals surface area contributed by atoms with E-state index in [0.29, 0.717) is 11.4 Å². The average molecular weight is 369 g/mol. The second-order valence-electron chi connectivity index (χ2n) is 5.66. The summed E-state index contributed by atoms with van der Waals surface area (Å²) < 4.78 is 7.39. The topological polar surface area (TPSA) is 44.1 Å². The number of alkyl halides is 1. The lowest BCUT2D eigenvalue weighted by atomic mass is 10.1. The van der Waals surface area contributed by atoms with Crippen molar-refractivity contribution in [3.8, 4) is 0 Å². The zero-order valence-corrected chi connectivity index (χ0v) is 15.2. The Hall–Kier alpha value is -1.52. The number of benzene rings is 1. The Balaban J connectivity index is 2.08. The van der Waals surface area contributed by atoms with Crippen LogP contribution in [0.25, 0.3) is 0 Å². The van der Waals surface area contributed by atoms with Crippen molar-refractivity contribution in [2.45, 2.75) is 50.6 Å². The van der Waals surface area contributed by atoms with Crippen LogP contribution in [0.1, 0.15) is 56.2 Å². The molecule has 0 amide bonds. The number of rotatable bonds is 9. The molecule has 1 heterocycles. The Labute approximate surface area is 152 Å². The number of esters is 1. The molecule has 0 aliphatic carbocycles. The van der Waals surface area contributed by atoms with E-state index in [9.17, 15) is 4.79 Å². The van der Waals surface area contributed by atoms with E-state index >= 15 is 0 Å². The number of hydrogen-bond acceptors (Lipinski definition) is 3. The lowest BCUT2D eigenvalue weighted by Gasteiger charge is -2.24. The zero-order chi connectivity index (χ0) is 17.4. The summed E-state index contributed by atoms with van der Waals surface area (Å²) in [5.41, 5.74) is 0.225. The smallest absolute Gasteiger partial charge is 0.306 e. The lowest BCUT2D eigenvalue weighted by Crippen LogP contribution is -2.19. The van der Waals surface area contributed by atoms with Crippen molar-refractivity contribution in [1.82, 2.24) is 9.55 Å². The summed E-state index contributed by atoms with van der Waals surface area (Å²) in [6.07, 6.45) is 8.91. The molecule has 0 saturated carbocycles. The third-order valence-corrected chi connectivity index (χ3v) is 4.46. The standard InChI is InChI=1S/C18H22Cl2N2O2/c1-2-3-4-5-6-16(23)24-17(14-7-9-15(19)10-8-14)18(20)22-12-11-21-13-22/h7-13,17-18H,2-6H2,1H3. The highest BCUT2D eigenvalue weighted by molar-refractivity contribution is 6.30. The quantitative estimate of drug-likeness (QED) is 0.332. The normalized spacial score (nSPS) is 13.5. The fourth-order valence-electron chi connectivity index (χ4n) is 2.40. The van der Waals surface area contributed by atoms with E-state index in [-0.39, 0.29) is 5.97 Å². The predicted molar refractivity (Wildman–Crippen MR) is 96.2 cm³/mol. The third kappa shape index (κ3) is 5.53. The van der Waals surface area contributed by atoms with Crippen LogP contribution in [0.5, 0.6) is 0 Å². The van der Waals surface area contributed by atoms with Gasteiger partial charge < -0.3 is 9.30 Å². The van der Waals surface area contributed by atoms with Gasteiger partial charge in [0.2, 0.25) is 0 Å². The molecule has 1 aromatic carbocycles. The number of hydrogen-bond donors (Lipinski definition) is 0. The molecule has 4 nitrogen and oxygen atoms in total. The Kier molecular flexibility index (Phi) is 7.60. The number of carbonyl (C=O) groups is 1. The van der Waals surface area contributed by atoms with E-state index < -0.39 is 11.6 Å². The number of ether oxygens (including phenoxy) is 1. The minimum absolute atomic E-state index is 0.239. The van der Waals surface area contributed by atoms with E-state index in [1.165, 1.54) is 0 Å². The van der Waals surface area contributed by atoms with Gasteiger partial charge in [-0.25, -0.2) is 4.98 Å². The van der Waals surface area contributed by atoms with E-state index in [1.54, 1.807) is 35.4 Å². The lowest BCUT2D eigenvalue weighted by molar-refractivity contribution is -0.150. The fourth-order valence-corrected chi connectivity index (χ4v) is 2.84. The second kappa shape index (κ2) is 9.70. The van der Waals surface area contributed by atoms with Gasteiger partial charge in [0, 0.05) is 23.8 Å². The molecule has 24 heavy (non-hydrogen) atoms. The first-order chi connectivity index (χ1) is 11.6. The predicted octanol–water partition coefficient (Wildman–Crippen LogP) is 5.53. The maximum atomic E-state index is 12.2. The molecule has 0 radical (unpaired) electrons. The number of carbonyl (C=O) groups excluding carboxylic acids is 1. The molecule has 0 saturated heterocycles. The molecule has 0 aliphatic rings. The molecule has 1 aromatic heterocycles. The largest absolute Gasteiger partial charge is 0.454 e. The van der Waals surface area contributed by atoms with Crippen molar-refractivity contribution in [3.63, 3.8) is 0 Å². The minimum Gasteiger partial charge on any atom is -0.454 e. The summed E-state index contributed by atoms with van der Waals surface area (Å²) in [4.78, 5) is 16.2. The van der Waals surface area contributed by atoms with Gasteiger partial charge in [-0.2, -0.15) is 0 Å². The summed E-state index contributed by atoms with van der Waals surface area (Å²) >= 11 is 12.5. The minimum atomic E-state index is -0.600. The summed E-state index contributed by atoms with van der Waals surface area (Å²) in [5.74, 6) is -0.239. The molecule has 0 fully saturated rings. The Morgan fingerprint density at radius 3 is 2.62 bits per heavy atom. The summed E-state index contributed by atoms with van der Waals surface area (Å²) in [5, 5.41) is 0.622. The summed E-state index contributed by atoms with van der Waals surface area (Å²) in [7, 11) is 0. The van der Waals surface area contributed by atoms with Crippen LogP contribution >= 0.6 is 23.2 Å². The first kappa shape index (κ1) is 18.8. The van der Waals surface area contributed by atoms with E-state index in [1.807, 2.05) is 12.1 Å². The van der Waals surface area contributed by atoms with Crippen LogP contribution in [0.15, 0.2) is 43.0 Å². The third-order valence-electron chi connectivity index (χ3n) is 3.75. The molecule has 0 aliphatic heterocycles. The van der Waals surface area contributed by atoms with E-state index in [4.69, 9.17) is 27.9 Å². The Morgan fingerprint density at radius 1 is 1.25 bits per heavy atom. The van der Waals surface area contributed by atoms with Crippen molar-refractivity contribution < 1.29 is 9.53 Å². The van der Waals surface area contributed by atoms with Gasteiger partial charge in [-0.15, -0.1) is 0 Å². The molecule has 130 valence electrons. The van der Waals surface area contributed by atoms with E-state index in [0.717, 1.165) is 31.2 Å². The molecule has 2 aromatic rings. The number of imidazole rings is 1. The van der Waals surface area contributed by atoms with Crippen LogP contribution in [0.4, 0.5) is 0 Å². The van der Waals surface area contributed by atoms with Crippen molar-refractivity contribution in [3.05, 3.63) is 53.6 Å². The molecule has 2 unspecified atom stereocenters. The maximum Gasteiger partial charge on any atom is 0.306 e. The van der Waals surface area contributed by atoms with Crippen molar-refractivity contribution in [2.75, 3.05) is 0 Å². The Bertz CT molecular complexity index is 614. The van der Waals surface area contributed by atoms with Gasteiger partial charge in [0.05, 0.1) is 6.33 Å². The van der Waals surface area contributed by atoms with Gasteiger partial charge in [-0.1, -0.05) is 61.5 Å². The molecule has 2 atom stereocenters. The SMILES string of the molecule is CCCCCCC(=O)OC(c1ccc(Cl)cc1)C(Cl)n1ccnc1. The second-order valence-corrected chi connectivity index (χ2v) is 6.54. The molecule has 0 spiro atoms. The molecule has 2 rings (SSSR count). The molecular weight excluding hydrogens is 347 g/mol. The number of aromatic nitrogens is 2. The van der Waals surface area contributed by atoms with Crippen LogP contribution in [0.3, 0.4) is 0 Å². The average Bonchev–Trinajstić information content (AvgIpc) is 3.11. The van der Waals surface area contributed by atoms with Gasteiger partial charge in [0.1, 0.15) is 5.50 Å². The van der Waals surface area contributed by atoms with Crippen molar-refractivity contribution in [1.29, 1.82) is 0 Å². The first-order valence-corrected chi connectivity index (χ1v) is 8.99. The van der Waals surface area contributed by atoms with Crippen LogP contribution < -0.4 is 0 Å². The van der Waals surface area contributed by atoms with Gasteiger partial charge >= 0.3 is 5.97 Å². The number of unbranched alkanes of at least 4 members (excludes halogenated alkanes) is 3. The van der Waals surface area contributed by atoms with Crippen molar-refractivity contribution >= 4 is 29.2 Å². The van der Waals surface area contributed by atoms with Crippen LogP contribution in [0, 0.1) is 0 Å². The molecular formula is C18H22Cl2N2O2. The summed E-state index contributed by atoms with van der Waals surface area (Å²) in [6.45, 7) is 2.14. The maximum absolute atomic E-state index is 12.2. The fraction of sp³-hybridized carbons (Fsp3) is 0.444. The van der Waals surface area contributed by atoms with Crippen LogP contribution in [0.2, 0.25) is 5.02 Å². The zero-order valence-electron chi connectivity index (χ0n) is 13.7. The van der Waals surface area contributed by atoms with Crippen LogP contribution in [-0.4, -0.2) is 15.5 Å². The van der Waals surface area contributed by atoms with Gasteiger partial charge in [0.15, 0.2) is 6.10 Å². The monoisotopic (exact) mass is 368 g/mol. The Morgan fingerprint density at radius 2 is 2.00 bits per heavy atom.